The van der Waals surface area contributed by atoms with Crippen molar-refractivity contribution >= 4 is 11.8 Å². The maximum absolute atomic E-state index is 13.8. The molecule has 4 unspecified atom stereocenters. The Morgan fingerprint density at radius 1 is 1.08 bits per heavy atom. The fourth-order valence-corrected chi connectivity index (χ4v) is 5.07. The molecule has 1 aromatic heterocycles. The minimum Gasteiger partial charge on any atom is -0.457 e. The Hall–Kier alpha value is -3.88. The first-order chi connectivity index (χ1) is 17.1. The normalized spacial score (nSPS) is 23.1. The van der Waals surface area contributed by atoms with Crippen molar-refractivity contribution in [3.8, 4) is 11.5 Å². The zero-order chi connectivity index (χ0) is 25.6. The molecule has 0 saturated carbocycles. The van der Waals surface area contributed by atoms with E-state index in [1.807, 2.05) is 44.2 Å². The number of aryl methyl sites for hydroxylation is 2. The number of carbonyl (C=O) groups is 2. The van der Waals surface area contributed by atoms with Gasteiger partial charge in [0.1, 0.15) is 23.5 Å². The van der Waals surface area contributed by atoms with Gasteiger partial charge in [0.2, 0.25) is 11.8 Å². The number of carbonyl (C=O) groups excluding carboxylic acids is 2. The molecule has 5 rings (SSSR count). The topological polar surface area (TPSA) is 80.3 Å². The van der Waals surface area contributed by atoms with Crippen molar-refractivity contribution in [1.29, 1.82) is 0 Å². The average Bonchev–Trinajstić information content (AvgIpc) is 2.83. The van der Waals surface area contributed by atoms with Crippen LogP contribution in [-0.2, 0) is 9.59 Å². The van der Waals surface area contributed by atoms with E-state index in [4.69, 9.17) is 4.74 Å². The Morgan fingerprint density at radius 2 is 1.83 bits per heavy atom. The molecule has 3 heterocycles. The smallest absolute Gasteiger partial charge is 0.409 e. The molecule has 6 nitrogen and oxygen atoms in total. The maximum atomic E-state index is 13.8. The summed E-state index contributed by atoms with van der Waals surface area (Å²) in [5.41, 5.74) is 3.67. The molecule has 2 aromatic carbocycles. The SMILES string of the molecule is Cc1ccc2c(c1)Oc1cccc(C)c1C2NC(=O)C1CC(c2ccncc2)C(C(F)(F)F)NC1=O. The van der Waals surface area contributed by atoms with Gasteiger partial charge in [-0.25, -0.2) is 0 Å². The Bertz CT molecular complexity index is 1330. The highest BCUT2D eigenvalue weighted by Gasteiger charge is 2.52. The zero-order valence-corrected chi connectivity index (χ0v) is 19.6. The van der Waals surface area contributed by atoms with Crippen molar-refractivity contribution in [2.45, 2.75) is 44.4 Å². The largest absolute Gasteiger partial charge is 0.457 e. The predicted molar refractivity (Wildman–Crippen MR) is 125 cm³/mol. The summed E-state index contributed by atoms with van der Waals surface area (Å²) in [5.74, 6) is -2.84. The van der Waals surface area contributed by atoms with Crippen molar-refractivity contribution in [3.05, 3.63) is 88.7 Å². The first-order valence-corrected chi connectivity index (χ1v) is 11.6. The number of rotatable bonds is 3. The van der Waals surface area contributed by atoms with Gasteiger partial charge in [-0.05, 0) is 61.2 Å². The predicted octanol–water partition coefficient (Wildman–Crippen LogP) is 4.86. The van der Waals surface area contributed by atoms with E-state index in [-0.39, 0.29) is 6.42 Å². The van der Waals surface area contributed by atoms with Crippen LogP contribution < -0.4 is 15.4 Å². The van der Waals surface area contributed by atoms with Gasteiger partial charge in [-0.3, -0.25) is 14.6 Å². The zero-order valence-electron chi connectivity index (χ0n) is 19.6. The number of piperidine rings is 1. The van der Waals surface area contributed by atoms with Gasteiger partial charge in [-0.1, -0.05) is 24.3 Å². The van der Waals surface area contributed by atoms with Crippen molar-refractivity contribution in [2.24, 2.45) is 5.92 Å². The summed E-state index contributed by atoms with van der Waals surface area (Å²) >= 11 is 0. The lowest BCUT2D eigenvalue weighted by Gasteiger charge is -2.38. The highest BCUT2D eigenvalue weighted by Crippen LogP contribution is 2.45. The molecule has 36 heavy (non-hydrogen) atoms. The third-order valence-electron chi connectivity index (χ3n) is 6.87. The molecule has 2 aliphatic heterocycles. The number of pyridine rings is 1. The lowest BCUT2D eigenvalue weighted by molar-refractivity contribution is -0.175. The Kier molecular flexibility index (Phi) is 5.94. The minimum atomic E-state index is -4.67. The van der Waals surface area contributed by atoms with Crippen molar-refractivity contribution in [2.75, 3.05) is 0 Å². The molecule has 186 valence electrons. The molecule has 2 aliphatic rings. The summed E-state index contributed by atoms with van der Waals surface area (Å²) in [7, 11) is 0. The van der Waals surface area contributed by atoms with E-state index in [1.54, 1.807) is 6.07 Å². The molecule has 3 aromatic rings. The van der Waals surface area contributed by atoms with Gasteiger partial charge in [0.25, 0.3) is 0 Å². The van der Waals surface area contributed by atoms with E-state index in [9.17, 15) is 22.8 Å². The Labute approximate surface area is 205 Å². The maximum Gasteiger partial charge on any atom is 0.409 e. The van der Waals surface area contributed by atoms with Crippen LogP contribution in [0.2, 0.25) is 0 Å². The number of nitrogens with zero attached hydrogens (tertiary/aromatic N) is 1. The molecule has 2 amide bonds. The molecule has 9 heteroatoms. The molecule has 0 radical (unpaired) electrons. The number of aromatic nitrogens is 1. The molecular weight excluding hydrogens is 471 g/mol. The molecule has 1 fully saturated rings. The molecule has 0 bridgehead atoms. The van der Waals surface area contributed by atoms with Crippen LogP contribution in [0.1, 0.15) is 46.2 Å². The van der Waals surface area contributed by atoms with Gasteiger partial charge < -0.3 is 15.4 Å². The summed E-state index contributed by atoms with van der Waals surface area (Å²) in [4.78, 5) is 30.2. The number of benzene rings is 2. The van der Waals surface area contributed by atoms with Crippen LogP contribution in [0.3, 0.4) is 0 Å². The molecule has 4 atom stereocenters. The van der Waals surface area contributed by atoms with Crippen molar-refractivity contribution in [1.82, 2.24) is 15.6 Å². The Balaban J connectivity index is 1.48. The highest BCUT2D eigenvalue weighted by molar-refractivity contribution is 6.01. The molecule has 0 spiro atoms. The van der Waals surface area contributed by atoms with Crippen LogP contribution >= 0.6 is 0 Å². The quantitative estimate of drug-likeness (QED) is 0.509. The van der Waals surface area contributed by atoms with E-state index >= 15 is 0 Å². The monoisotopic (exact) mass is 495 g/mol. The summed E-state index contributed by atoms with van der Waals surface area (Å²) in [6.45, 7) is 3.81. The first kappa shape index (κ1) is 23.8. The van der Waals surface area contributed by atoms with E-state index in [2.05, 4.69) is 15.6 Å². The van der Waals surface area contributed by atoms with E-state index in [0.717, 1.165) is 16.7 Å². The molecule has 0 aliphatic carbocycles. The van der Waals surface area contributed by atoms with Gasteiger partial charge >= 0.3 is 6.18 Å². The van der Waals surface area contributed by atoms with Crippen LogP contribution in [0.15, 0.2) is 60.9 Å². The lowest BCUT2D eigenvalue weighted by atomic mass is 9.79. The van der Waals surface area contributed by atoms with E-state index in [1.165, 1.54) is 24.5 Å². The third kappa shape index (κ3) is 4.29. The second-order valence-corrected chi connectivity index (χ2v) is 9.27. The lowest BCUT2D eigenvalue weighted by Crippen LogP contribution is -2.58. The number of fused-ring (bicyclic) bond motifs is 2. The van der Waals surface area contributed by atoms with Crippen LogP contribution in [0.25, 0.3) is 0 Å². The van der Waals surface area contributed by atoms with Gasteiger partial charge in [0, 0.05) is 29.4 Å². The fraction of sp³-hybridized carbons (Fsp3) is 0.296. The third-order valence-corrected chi connectivity index (χ3v) is 6.87. The van der Waals surface area contributed by atoms with Crippen molar-refractivity contribution < 1.29 is 27.5 Å². The number of halogens is 3. The van der Waals surface area contributed by atoms with E-state index in [0.29, 0.717) is 22.6 Å². The number of alkyl halides is 3. The molecule has 1 saturated heterocycles. The molecule has 2 N–H and O–H groups in total. The van der Waals surface area contributed by atoms with Gasteiger partial charge in [-0.2, -0.15) is 13.2 Å². The Morgan fingerprint density at radius 3 is 2.56 bits per heavy atom. The first-order valence-electron chi connectivity index (χ1n) is 11.6. The number of hydrogen-bond acceptors (Lipinski definition) is 4. The second kappa shape index (κ2) is 8.96. The van der Waals surface area contributed by atoms with Crippen LogP contribution in [0.5, 0.6) is 11.5 Å². The summed E-state index contributed by atoms with van der Waals surface area (Å²) in [6.07, 6.45) is -2.15. The van der Waals surface area contributed by atoms with Gasteiger partial charge in [0.05, 0.1) is 6.04 Å². The average molecular weight is 496 g/mol. The molecular formula is C27H24F3N3O3. The summed E-state index contributed by atoms with van der Waals surface area (Å²) in [5, 5.41) is 5.00. The van der Waals surface area contributed by atoms with Gasteiger partial charge in [0.15, 0.2) is 0 Å². The number of amides is 2. The minimum absolute atomic E-state index is 0.281. The highest BCUT2D eigenvalue weighted by atomic mass is 19.4. The number of hydrogen-bond donors (Lipinski definition) is 2. The van der Waals surface area contributed by atoms with Crippen LogP contribution in [-0.4, -0.2) is 29.0 Å². The number of ether oxygens (including phenoxy) is 1. The standard InChI is InChI=1S/C27H24F3N3O3/c1-14-6-7-17-21(12-14)36-20-5-3-4-15(2)22(20)23(17)32-25(34)19-13-18(16-8-10-31-11-9-16)24(27(28,29)30)33-26(19)35/h3-12,18-19,23-24H,13H2,1-2H3,(H,32,34)(H,33,35). The summed E-state index contributed by atoms with van der Waals surface area (Å²) < 4.78 is 47.5. The van der Waals surface area contributed by atoms with Crippen LogP contribution in [0, 0.1) is 19.8 Å². The van der Waals surface area contributed by atoms with Gasteiger partial charge in [-0.15, -0.1) is 0 Å². The van der Waals surface area contributed by atoms with Crippen molar-refractivity contribution in [3.63, 3.8) is 0 Å². The summed E-state index contributed by atoms with van der Waals surface area (Å²) in [6, 6.07) is 11.4. The second-order valence-electron chi connectivity index (χ2n) is 9.27. The van der Waals surface area contributed by atoms with Crippen LogP contribution in [0.4, 0.5) is 13.2 Å². The number of nitrogens with one attached hydrogen (secondary N) is 2. The fourth-order valence-electron chi connectivity index (χ4n) is 5.07. The van der Waals surface area contributed by atoms with E-state index < -0.39 is 41.9 Å².